The molecule has 1 atom stereocenters. The molecule has 3 N–H and O–H groups in total. The zero-order valence-electron chi connectivity index (χ0n) is 16.2. The predicted molar refractivity (Wildman–Crippen MR) is 102 cm³/mol. The number of rotatable bonds is 6. The molecule has 1 saturated carbocycles. The van der Waals surface area contributed by atoms with E-state index in [4.69, 9.17) is 4.74 Å². The number of amides is 3. The number of benzene rings is 1. The number of hydrazine groups is 1. The number of hydrogen-bond donors (Lipinski definition) is 3. The van der Waals surface area contributed by atoms with Crippen LogP contribution in [-0.2, 0) is 9.59 Å². The van der Waals surface area contributed by atoms with Crippen molar-refractivity contribution in [2.45, 2.75) is 52.0 Å². The highest BCUT2D eigenvalue weighted by Crippen LogP contribution is 2.24. The minimum absolute atomic E-state index is 0.0262. The summed E-state index contributed by atoms with van der Waals surface area (Å²) < 4.78 is 5.05. The van der Waals surface area contributed by atoms with Crippen molar-refractivity contribution in [3.63, 3.8) is 0 Å². The van der Waals surface area contributed by atoms with Crippen molar-refractivity contribution in [3.8, 4) is 5.75 Å². The Bertz CT molecular complexity index is 652. The molecule has 1 aromatic carbocycles. The van der Waals surface area contributed by atoms with Crippen LogP contribution in [0, 0.1) is 11.8 Å². The van der Waals surface area contributed by atoms with Gasteiger partial charge in [-0.3, -0.25) is 25.2 Å². The standard InChI is InChI=1S/C20H29N3O4/c1-13(2)17(21-18(24)14-7-5-4-6-8-14)20(26)23-22-19(25)15-9-11-16(27-3)12-10-15/h9-14,17H,4-8H2,1-3H3,(H,21,24)(H,22,25)(H,23,26). The van der Waals surface area contributed by atoms with Crippen LogP contribution in [0.2, 0.25) is 0 Å². The van der Waals surface area contributed by atoms with E-state index in [0.717, 1.165) is 32.1 Å². The second-order valence-corrected chi connectivity index (χ2v) is 7.24. The average Bonchev–Trinajstić information content (AvgIpc) is 2.70. The van der Waals surface area contributed by atoms with E-state index in [1.807, 2.05) is 13.8 Å². The molecule has 0 radical (unpaired) electrons. The Morgan fingerprint density at radius 3 is 2.19 bits per heavy atom. The number of carbonyl (C=O) groups excluding carboxylic acids is 3. The summed E-state index contributed by atoms with van der Waals surface area (Å²) in [6.45, 7) is 3.72. The van der Waals surface area contributed by atoms with Gasteiger partial charge in [-0.15, -0.1) is 0 Å². The number of nitrogens with one attached hydrogen (secondary N) is 3. The van der Waals surface area contributed by atoms with Crippen LogP contribution in [0.5, 0.6) is 5.75 Å². The summed E-state index contributed by atoms with van der Waals surface area (Å²) in [6.07, 6.45) is 5.00. The predicted octanol–water partition coefficient (Wildman–Crippen LogP) is 2.18. The zero-order valence-corrected chi connectivity index (χ0v) is 16.2. The lowest BCUT2D eigenvalue weighted by Gasteiger charge is -2.26. The first-order valence-electron chi connectivity index (χ1n) is 9.47. The Labute approximate surface area is 160 Å². The maximum Gasteiger partial charge on any atom is 0.269 e. The van der Waals surface area contributed by atoms with Crippen LogP contribution < -0.4 is 20.9 Å². The van der Waals surface area contributed by atoms with Crippen molar-refractivity contribution in [2.24, 2.45) is 11.8 Å². The molecule has 1 aromatic rings. The number of hydrogen-bond acceptors (Lipinski definition) is 4. The van der Waals surface area contributed by atoms with E-state index in [1.54, 1.807) is 31.4 Å². The Morgan fingerprint density at radius 2 is 1.63 bits per heavy atom. The lowest BCUT2D eigenvalue weighted by Crippen LogP contribution is -2.55. The number of carbonyl (C=O) groups is 3. The molecule has 7 heteroatoms. The molecule has 1 unspecified atom stereocenters. The fourth-order valence-electron chi connectivity index (χ4n) is 3.18. The van der Waals surface area contributed by atoms with Gasteiger partial charge in [-0.1, -0.05) is 33.1 Å². The van der Waals surface area contributed by atoms with E-state index < -0.39 is 17.9 Å². The number of methoxy groups -OCH3 is 1. The maximum absolute atomic E-state index is 12.5. The first-order valence-corrected chi connectivity index (χ1v) is 9.47. The van der Waals surface area contributed by atoms with Gasteiger partial charge in [0.1, 0.15) is 11.8 Å². The molecule has 3 amide bonds. The fourth-order valence-corrected chi connectivity index (χ4v) is 3.18. The van der Waals surface area contributed by atoms with Crippen LogP contribution >= 0.6 is 0 Å². The van der Waals surface area contributed by atoms with E-state index in [0.29, 0.717) is 11.3 Å². The lowest BCUT2D eigenvalue weighted by atomic mass is 9.88. The molecule has 0 aromatic heterocycles. The normalized spacial score (nSPS) is 15.7. The molecular formula is C20H29N3O4. The van der Waals surface area contributed by atoms with Crippen LogP contribution in [0.3, 0.4) is 0 Å². The fraction of sp³-hybridized carbons (Fsp3) is 0.550. The van der Waals surface area contributed by atoms with Crippen molar-refractivity contribution in [3.05, 3.63) is 29.8 Å². The van der Waals surface area contributed by atoms with Gasteiger partial charge in [-0.2, -0.15) is 0 Å². The summed E-state index contributed by atoms with van der Waals surface area (Å²) in [4.78, 5) is 37.1. The second kappa shape index (κ2) is 9.94. The number of ether oxygens (including phenoxy) is 1. The molecule has 7 nitrogen and oxygen atoms in total. The van der Waals surface area contributed by atoms with Gasteiger partial charge in [0.25, 0.3) is 11.8 Å². The Kier molecular flexibility index (Phi) is 7.64. The van der Waals surface area contributed by atoms with Crippen molar-refractivity contribution < 1.29 is 19.1 Å². The highest BCUT2D eigenvalue weighted by atomic mass is 16.5. The van der Waals surface area contributed by atoms with Gasteiger partial charge in [0.2, 0.25) is 5.91 Å². The van der Waals surface area contributed by atoms with Crippen LogP contribution in [-0.4, -0.2) is 30.9 Å². The largest absolute Gasteiger partial charge is 0.497 e. The minimum atomic E-state index is -0.699. The quantitative estimate of drug-likeness (QED) is 0.664. The first-order chi connectivity index (χ1) is 12.9. The molecule has 0 saturated heterocycles. The van der Waals surface area contributed by atoms with Gasteiger partial charge >= 0.3 is 0 Å². The zero-order chi connectivity index (χ0) is 19.8. The van der Waals surface area contributed by atoms with Crippen LogP contribution in [0.1, 0.15) is 56.3 Å². The van der Waals surface area contributed by atoms with Gasteiger partial charge in [0.15, 0.2) is 0 Å². The third-order valence-electron chi connectivity index (χ3n) is 4.87. The van der Waals surface area contributed by atoms with E-state index in [9.17, 15) is 14.4 Å². The Morgan fingerprint density at radius 1 is 1.00 bits per heavy atom. The van der Waals surface area contributed by atoms with Crippen LogP contribution in [0.25, 0.3) is 0 Å². The van der Waals surface area contributed by atoms with Crippen LogP contribution in [0.15, 0.2) is 24.3 Å². The van der Waals surface area contributed by atoms with Crippen molar-refractivity contribution >= 4 is 17.7 Å². The smallest absolute Gasteiger partial charge is 0.269 e. The highest BCUT2D eigenvalue weighted by molar-refractivity contribution is 5.96. The summed E-state index contributed by atoms with van der Waals surface area (Å²) in [5, 5.41) is 2.85. The molecule has 2 rings (SSSR count). The molecule has 0 heterocycles. The molecule has 0 spiro atoms. The topological polar surface area (TPSA) is 96.5 Å². The Balaban J connectivity index is 1.89. The van der Waals surface area contributed by atoms with Gasteiger partial charge in [-0.05, 0) is 43.0 Å². The third-order valence-corrected chi connectivity index (χ3v) is 4.87. The summed E-state index contributed by atoms with van der Waals surface area (Å²) in [5.41, 5.74) is 5.20. The van der Waals surface area contributed by atoms with Gasteiger partial charge < -0.3 is 10.1 Å². The summed E-state index contributed by atoms with van der Waals surface area (Å²) >= 11 is 0. The van der Waals surface area contributed by atoms with E-state index in [1.165, 1.54) is 0 Å². The van der Waals surface area contributed by atoms with Crippen molar-refractivity contribution in [2.75, 3.05) is 7.11 Å². The highest BCUT2D eigenvalue weighted by Gasteiger charge is 2.28. The average molecular weight is 375 g/mol. The van der Waals surface area contributed by atoms with Gasteiger partial charge in [-0.25, -0.2) is 0 Å². The van der Waals surface area contributed by atoms with Gasteiger partial charge in [0.05, 0.1) is 7.11 Å². The van der Waals surface area contributed by atoms with Crippen molar-refractivity contribution in [1.29, 1.82) is 0 Å². The molecule has 1 fully saturated rings. The van der Waals surface area contributed by atoms with Gasteiger partial charge in [0, 0.05) is 11.5 Å². The molecule has 27 heavy (non-hydrogen) atoms. The van der Waals surface area contributed by atoms with Crippen LogP contribution in [0.4, 0.5) is 0 Å². The monoisotopic (exact) mass is 375 g/mol. The van der Waals surface area contributed by atoms with E-state index in [-0.39, 0.29) is 17.7 Å². The third kappa shape index (κ3) is 5.98. The first kappa shape index (κ1) is 20.7. The van der Waals surface area contributed by atoms with E-state index in [2.05, 4.69) is 16.2 Å². The molecule has 0 bridgehead atoms. The molecular weight excluding hydrogens is 346 g/mol. The maximum atomic E-state index is 12.5. The molecule has 148 valence electrons. The second-order valence-electron chi connectivity index (χ2n) is 7.24. The SMILES string of the molecule is COc1ccc(C(=O)NNC(=O)C(NC(=O)C2CCCCC2)C(C)C)cc1. The Hall–Kier alpha value is -2.57. The van der Waals surface area contributed by atoms with Crippen molar-refractivity contribution in [1.82, 2.24) is 16.2 Å². The molecule has 1 aliphatic rings. The minimum Gasteiger partial charge on any atom is -0.497 e. The summed E-state index contributed by atoms with van der Waals surface area (Å²) in [5.74, 6) is -0.439. The lowest BCUT2D eigenvalue weighted by molar-refractivity contribution is -0.133. The molecule has 1 aliphatic carbocycles. The van der Waals surface area contributed by atoms with E-state index >= 15 is 0 Å². The summed E-state index contributed by atoms with van der Waals surface area (Å²) in [7, 11) is 1.54. The summed E-state index contributed by atoms with van der Waals surface area (Å²) in [6, 6.07) is 5.84. The molecule has 0 aliphatic heterocycles.